The number of hydrogen-bond acceptors (Lipinski definition) is 7. The molecule has 1 fully saturated rings. The molecular weight excluding hydrogens is 410 g/mol. The maximum Gasteiger partial charge on any atom is 0.410 e. The Morgan fingerprint density at radius 3 is 2.71 bits per heavy atom. The molecule has 0 unspecified atom stereocenters. The smallest absolute Gasteiger partial charge is 0.410 e. The van der Waals surface area contributed by atoms with Gasteiger partial charge in [-0.15, -0.1) is 11.3 Å². The van der Waals surface area contributed by atoms with Crippen LogP contribution in [-0.4, -0.2) is 45.7 Å². The first kappa shape index (κ1) is 21.8. The van der Waals surface area contributed by atoms with Crippen LogP contribution in [0.1, 0.15) is 75.7 Å². The molecule has 2 aliphatic rings. The Morgan fingerprint density at radius 1 is 1.29 bits per heavy atom. The van der Waals surface area contributed by atoms with Gasteiger partial charge in [0.2, 0.25) is 0 Å². The lowest BCUT2D eigenvalue weighted by molar-refractivity contribution is 0.0185. The van der Waals surface area contributed by atoms with Gasteiger partial charge in [0, 0.05) is 30.4 Å². The Hall–Kier alpha value is -2.40. The van der Waals surface area contributed by atoms with Gasteiger partial charge in [-0.2, -0.15) is 5.26 Å². The van der Waals surface area contributed by atoms with Crippen LogP contribution in [0.25, 0.3) is 10.2 Å². The third kappa shape index (κ3) is 4.62. The fourth-order valence-electron chi connectivity index (χ4n) is 4.78. The standard InChI is InChI=1S/C23H31N5O2S/c1-23(2,3)30-22(29)28(4)16-8-6-15(7-9-16)27-20-19-18-14(11-12-24)5-10-17(18)31-21(19)26-13-25-20/h13-16H,5-11H2,1-4H3,(H,25,26,27)/t14-,15?,16?/m1/s1. The Bertz CT molecular complexity index is 998. The van der Waals surface area contributed by atoms with Crippen LogP contribution in [-0.2, 0) is 11.2 Å². The molecule has 31 heavy (non-hydrogen) atoms. The minimum Gasteiger partial charge on any atom is -0.444 e. The molecule has 7 nitrogen and oxygen atoms in total. The molecule has 0 saturated heterocycles. The van der Waals surface area contributed by atoms with E-state index in [0.29, 0.717) is 18.4 Å². The van der Waals surface area contributed by atoms with E-state index in [1.54, 1.807) is 22.6 Å². The van der Waals surface area contributed by atoms with Crippen molar-refractivity contribution in [2.45, 2.75) is 89.3 Å². The van der Waals surface area contributed by atoms with Crippen molar-refractivity contribution in [3.05, 3.63) is 16.8 Å². The van der Waals surface area contributed by atoms with Crippen molar-refractivity contribution in [1.29, 1.82) is 5.26 Å². The van der Waals surface area contributed by atoms with Gasteiger partial charge in [-0.3, -0.25) is 0 Å². The van der Waals surface area contributed by atoms with Gasteiger partial charge in [0.25, 0.3) is 0 Å². The van der Waals surface area contributed by atoms with Crippen molar-refractivity contribution < 1.29 is 9.53 Å². The van der Waals surface area contributed by atoms with E-state index >= 15 is 0 Å². The van der Waals surface area contributed by atoms with Crippen LogP contribution >= 0.6 is 11.3 Å². The Kier molecular flexibility index (Phi) is 6.07. The summed E-state index contributed by atoms with van der Waals surface area (Å²) in [6.45, 7) is 5.68. The number of carbonyl (C=O) groups excluding carboxylic acids is 1. The second-order valence-electron chi connectivity index (χ2n) is 9.68. The fraction of sp³-hybridized carbons (Fsp3) is 0.652. The number of nitrogens with one attached hydrogen (secondary N) is 1. The number of aryl methyl sites for hydroxylation is 1. The van der Waals surface area contributed by atoms with Crippen LogP contribution in [0.4, 0.5) is 10.6 Å². The SMILES string of the molecule is CN(C(=O)OC(C)(C)C)C1CCC(Nc2ncnc3sc4c(c23)[C@@H](CC#N)CC4)CC1. The molecule has 0 radical (unpaired) electrons. The lowest BCUT2D eigenvalue weighted by Gasteiger charge is -2.36. The number of amides is 1. The Morgan fingerprint density at radius 2 is 2.03 bits per heavy atom. The topological polar surface area (TPSA) is 91.1 Å². The molecule has 1 saturated carbocycles. The van der Waals surface area contributed by atoms with Crippen LogP contribution < -0.4 is 5.32 Å². The van der Waals surface area contributed by atoms with Crippen LogP contribution in [0.3, 0.4) is 0 Å². The zero-order valence-corrected chi connectivity index (χ0v) is 19.6. The zero-order valence-electron chi connectivity index (χ0n) is 18.8. The van der Waals surface area contributed by atoms with Crippen LogP contribution in [0.5, 0.6) is 0 Å². The number of thiophene rings is 1. The number of nitriles is 1. The molecule has 1 amide bonds. The van der Waals surface area contributed by atoms with Gasteiger partial charge < -0.3 is 15.0 Å². The largest absolute Gasteiger partial charge is 0.444 e. The third-order valence-corrected chi connectivity index (χ3v) is 7.51. The molecule has 1 atom stereocenters. The normalized spacial score (nSPS) is 23.3. The molecule has 166 valence electrons. The predicted molar refractivity (Wildman–Crippen MR) is 122 cm³/mol. The van der Waals surface area contributed by atoms with Crippen molar-refractivity contribution in [3.8, 4) is 6.07 Å². The predicted octanol–water partition coefficient (Wildman–Crippen LogP) is 5.22. The van der Waals surface area contributed by atoms with E-state index in [9.17, 15) is 10.1 Å². The van der Waals surface area contributed by atoms with Crippen molar-refractivity contribution in [2.75, 3.05) is 12.4 Å². The first-order valence-electron chi connectivity index (χ1n) is 11.1. The minimum absolute atomic E-state index is 0.198. The van der Waals surface area contributed by atoms with E-state index in [2.05, 4.69) is 21.4 Å². The number of hydrogen-bond donors (Lipinski definition) is 1. The molecule has 2 heterocycles. The van der Waals surface area contributed by atoms with E-state index in [4.69, 9.17) is 4.74 Å². The maximum absolute atomic E-state index is 12.4. The average Bonchev–Trinajstić information content (AvgIpc) is 3.27. The fourth-order valence-corrected chi connectivity index (χ4v) is 6.02. The molecule has 0 aliphatic heterocycles. The van der Waals surface area contributed by atoms with Crippen molar-refractivity contribution in [2.24, 2.45) is 0 Å². The highest BCUT2D eigenvalue weighted by Crippen LogP contribution is 2.46. The van der Waals surface area contributed by atoms with Gasteiger partial charge in [0.1, 0.15) is 22.6 Å². The van der Waals surface area contributed by atoms with E-state index in [1.807, 2.05) is 27.8 Å². The van der Waals surface area contributed by atoms with Gasteiger partial charge >= 0.3 is 6.09 Å². The molecule has 0 bridgehead atoms. The van der Waals surface area contributed by atoms with Crippen LogP contribution in [0.15, 0.2) is 6.33 Å². The first-order chi connectivity index (χ1) is 14.8. The van der Waals surface area contributed by atoms with Crippen LogP contribution in [0, 0.1) is 11.3 Å². The number of rotatable bonds is 4. The van der Waals surface area contributed by atoms with Crippen molar-refractivity contribution in [3.63, 3.8) is 0 Å². The maximum atomic E-state index is 12.4. The molecule has 2 aromatic heterocycles. The monoisotopic (exact) mass is 441 g/mol. The highest BCUT2D eigenvalue weighted by molar-refractivity contribution is 7.19. The first-order valence-corrected chi connectivity index (χ1v) is 11.9. The van der Waals surface area contributed by atoms with Gasteiger partial charge in [-0.1, -0.05) is 0 Å². The summed E-state index contributed by atoms with van der Waals surface area (Å²) in [5.41, 5.74) is 0.815. The molecular formula is C23H31N5O2S. The Labute approximate surface area is 187 Å². The lowest BCUT2D eigenvalue weighted by Crippen LogP contribution is -2.43. The van der Waals surface area contributed by atoms with E-state index in [0.717, 1.165) is 54.6 Å². The summed E-state index contributed by atoms with van der Waals surface area (Å²) in [6, 6.07) is 2.86. The second kappa shape index (κ2) is 8.62. The summed E-state index contributed by atoms with van der Waals surface area (Å²) in [5.74, 6) is 1.19. The number of carbonyl (C=O) groups is 1. The van der Waals surface area contributed by atoms with Crippen molar-refractivity contribution >= 4 is 33.5 Å². The van der Waals surface area contributed by atoms with Gasteiger partial charge in [0.15, 0.2) is 0 Å². The number of ether oxygens (including phenoxy) is 1. The van der Waals surface area contributed by atoms with Gasteiger partial charge in [-0.05, 0) is 70.8 Å². The minimum atomic E-state index is -0.479. The number of fused-ring (bicyclic) bond motifs is 3. The summed E-state index contributed by atoms with van der Waals surface area (Å²) in [4.78, 5) is 25.6. The van der Waals surface area contributed by atoms with Gasteiger partial charge in [-0.25, -0.2) is 14.8 Å². The van der Waals surface area contributed by atoms with Crippen LogP contribution in [0.2, 0.25) is 0 Å². The lowest BCUT2D eigenvalue weighted by atomic mass is 9.90. The molecule has 4 rings (SSSR count). The molecule has 1 N–H and O–H groups in total. The molecule has 0 aromatic carbocycles. The average molecular weight is 442 g/mol. The van der Waals surface area contributed by atoms with E-state index in [1.165, 1.54) is 10.4 Å². The number of aromatic nitrogens is 2. The van der Waals surface area contributed by atoms with E-state index in [-0.39, 0.29) is 12.1 Å². The summed E-state index contributed by atoms with van der Waals surface area (Å²) in [5, 5.41) is 14.0. The highest BCUT2D eigenvalue weighted by atomic mass is 32.1. The molecule has 8 heteroatoms. The second-order valence-corrected chi connectivity index (χ2v) is 10.8. The summed E-state index contributed by atoms with van der Waals surface area (Å²) in [6.07, 6.45) is 7.81. The molecule has 2 aliphatic carbocycles. The summed E-state index contributed by atoms with van der Waals surface area (Å²) in [7, 11) is 1.84. The third-order valence-electron chi connectivity index (χ3n) is 6.33. The van der Waals surface area contributed by atoms with Crippen molar-refractivity contribution in [1.82, 2.24) is 14.9 Å². The number of nitrogens with zero attached hydrogens (tertiary/aromatic N) is 4. The molecule has 2 aromatic rings. The highest BCUT2D eigenvalue weighted by Gasteiger charge is 2.32. The Balaban J connectivity index is 1.44. The quantitative estimate of drug-likeness (QED) is 0.699. The van der Waals surface area contributed by atoms with E-state index < -0.39 is 5.60 Å². The summed E-state index contributed by atoms with van der Waals surface area (Å²) >= 11 is 1.75. The van der Waals surface area contributed by atoms with Gasteiger partial charge in [0.05, 0.1) is 11.5 Å². The zero-order chi connectivity index (χ0) is 22.2. The number of anilines is 1. The summed E-state index contributed by atoms with van der Waals surface area (Å²) < 4.78 is 5.52. The molecule has 0 spiro atoms.